The van der Waals surface area contributed by atoms with Crippen molar-refractivity contribution in [2.24, 2.45) is 0 Å². The molecule has 2 rings (SSSR count). The third kappa shape index (κ3) is 4.79. The summed E-state index contributed by atoms with van der Waals surface area (Å²) in [6, 6.07) is 6.61. The van der Waals surface area contributed by atoms with Crippen molar-refractivity contribution in [3.8, 4) is 0 Å². The van der Waals surface area contributed by atoms with E-state index in [1.165, 1.54) is 42.7 Å². The molecule has 0 aliphatic carbocycles. The predicted molar refractivity (Wildman–Crippen MR) is 82.7 cm³/mol. The number of hydrogen-bond donors (Lipinski definition) is 1. The minimum Gasteiger partial charge on any atom is -0.467 e. The minimum absolute atomic E-state index is 0.114. The summed E-state index contributed by atoms with van der Waals surface area (Å²) in [4.78, 5) is 27.9. The van der Waals surface area contributed by atoms with Gasteiger partial charge in [-0.25, -0.2) is 4.79 Å². The molecule has 0 fully saturated rings. The standard InChI is InChI=1S/C17H15F3N2O3/c1-25-16(24)14(22-15(23)12-6-4-8-21-10-12)9-11-5-2-3-7-13(11)17(18,19)20/h2-8,10,14H,9H2,1H3,(H,22,23)/t14-/m0/s1. The second-order valence-electron chi connectivity index (χ2n) is 5.15. The van der Waals surface area contributed by atoms with Crippen LogP contribution in [0.25, 0.3) is 0 Å². The van der Waals surface area contributed by atoms with Crippen LogP contribution in [-0.4, -0.2) is 30.0 Å². The van der Waals surface area contributed by atoms with Crippen molar-refractivity contribution in [3.63, 3.8) is 0 Å². The Bertz CT molecular complexity index is 748. The molecular weight excluding hydrogens is 337 g/mol. The van der Waals surface area contributed by atoms with Gasteiger partial charge < -0.3 is 10.1 Å². The number of methoxy groups -OCH3 is 1. The summed E-state index contributed by atoms with van der Waals surface area (Å²) in [5, 5.41) is 2.39. The van der Waals surface area contributed by atoms with E-state index in [4.69, 9.17) is 0 Å². The SMILES string of the molecule is COC(=O)[C@H](Cc1ccccc1C(F)(F)F)NC(=O)c1cccnc1. The van der Waals surface area contributed by atoms with Crippen LogP contribution >= 0.6 is 0 Å². The molecule has 0 aliphatic rings. The Morgan fingerprint density at radius 2 is 1.92 bits per heavy atom. The van der Waals surface area contributed by atoms with Crippen LogP contribution in [0.5, 0.6) is 0 Å². The van der Waals surface area contributed by atoms with Crippen LogP contribution in [0.15, 0.2) is 48.8 Å². The lowest BCUT2D eigenvalue weighted by atomic mass is 9.99. The van der Waals surface area contributed by atoms with Gasteiger partial charge in [-0.1, -0.05) is 18.2 Å². The zero-order valence-corrected chi connectivity index (χ0v) is 13.2. The lowest BCUT2D eigenvalue weighted by molar-refractivity contribution is -0.144. The van der Waals surface area contributed by atoms with Crippen LogP contribution in [0.4, 0.5) is 13.2 Å². The van der Waals surface area contributed by atoms with Crippen LogP contribution in [0, 0.1) is 0 Å². The summed E-state index contributed by atoms with van der Waals surface area (Å²) in [6.07, 6.45) is -2.17. The lowest BCUT2D eigenvalue weighted by Crippen LogP contribution is -2.43. The number of amides is 1. The molecule has 1 N–H and O–H groups in total. The fourth-order valence-electron chi connectivity index (χ4n) is 2.27. The van der Waals surface area contributed by atoms with Crippen molar-refractivity contribution in [3.05, 3.63) is 65.5 Å². The first-order chi connectivity index (χ1) is 11.8. The number of halogens is 3. The minimum atomic E-state index is -4.56. The van der Waals surface area contributed by atoms with Gasteiger partial charge >= 0.3 is 12.1 Å². The smallest absolute Gasteiger partial charge is 0.416 e. The quantitative estimate of drug-likeness (QED) is 0.840. The molecular formula is C17H15F3N2O3. The van der Waals surface area contributed by atoms with E-state index in [1.54, 1.807) is 0 Å². The van der Waals surface area contributed by atoms with Crippen LogP contribution in [-0.2, 0) is 22.1 Å². The van der Waals surface area contributed by atoms with Crippen molar-refractivity contribution in [1.29, 1.82) is 0 Å². The molecule has 0 aliphatic heterocycles. The van der Waals surface area contributed by atoms with Crippen molar-refractivity contribution < 1.29 is 27.5 Å². The number of alkyl halides is 3. The Hall–Kier alpha value is -2.90. The highest BCUT2D eigenvalue weighted by Crippen LogP contribution is 2.32. The first kappa shape index (κ1) is 18.4. The zero-order chi connectivity index (χ0) is 18.4. The van der Waals surface area contributed by atoms with Crippen molar-refractivity contribution in [2.75, 3.05) is 7.11 Å². The largest absolute Gasteiger partial charge is 0.467 e. The molecule has 0 unspecified atom stereocenters. The molecule has 25 heavy (non-hydrogen) atoms. The number of nitrogens with zero attached hydrogens (tertiary/aromatic N) is 1. The third-order valence-electron chi connectivity index (χ3n) is 3.46. The number of rotatable bonds is 5. The maximum Gasteiger partial charge on any atom is 0.416 e. The summed E-state index contributed by atoms with van der Waals surface area (Å²) >= 11 is 0. The summed E-state index contributed by atoms with van der Waals surface area (Å²) < 4.78 is 43.9. The average molecular weight is 352 g/mol. The molecule has 0 saturated heterocycles. The fraction of sp³-hybridized carbons (Fsp3) is 0.235. The van der Waals surface area contributed by atoms with Crippen LogP contribution in [0.1, 0.15) is 21.5 Å². The van der Waals surface area contributed by atoms with Gasteiger partial charge in [0, 0.05) is 18.8 Å². The van der Waals surface area contributed by atoms with Gasteiger partial charge in [0.15, 0.2) is 0 Å². The van der Waals surface area contributed by atoms with Gasteiger partial charge in [0.05, 0.1) is 18.2 Å². The molecule has 132 valence electrons. The van der Waals surface area contributed by atoms with E-state index in [2.05, 4.69) is 15.0 Å². The van der Waals surface area contributed by atoms with E-state index in [0.29, 0.717) is 0 Å². The maximum absolute atomic E-state index is 13.1. The second kappa shape index (κ2) is 7.78. The Kier molecular flexibility index (Phi) is 5.74. The Morgan fingerprint density at radius 3 is 2.52 bits per heavy atom. The highest BCUT2D eigenvalue weighted by atomic mass is 19.4. The summed E-state index contributed by atoms with van der Waals surface area (Å²) in [5.41, 5.74) is -0.795. The number of aromatic nitrogens is 1. The summed E-state index contributed by atoms with van der Waals surface area (Å²) in [6.45, 7) is 0. The van der Waals surface area contributed by atoms with E-state index in [-0.39, 0.29) is 17.5 Å². The van der Waals surface area contributed by atoms with Gasteiger partial charge in [0.25, 0.3) is 5.91 Å². The van der Waals surface area contributed by atoms with Crippen molar-refractivity contribution >= 4 is 11.9 Å². The number of esters is 1. The molecule has 8 heteroatoms. The second-order valence-corrected chi connectivity index (χ2v) is 5.15. The highest BCUT2D eigenvalue weighted by molar-refractivity contribution is 5.96. The lowest BCUT2D eigenvalue weighted by Gasteiger charge is -2.19. The van der Waals surface area contributed by atoms with Gasteiger partial charge in [0.2, 0.25) is 0 Å². The molecule has 2 aromatic rings. The third-order valence-corrected chi connectivity index (χ3v) is 3.46. The molecule has 0 radical (unpaired) electrons. The van der Waals surface area contributed by atoms with Gasteiger partial charge in [-0.15, -0.1) is 0 Å². The van der Waals surface area contributed by atoms with Crippen LogP contribution < -0.4 is 5.32 Å². The summed E-state index contributed by atoms with van der Waals surface area (Å²) in [7, 11) is 1.10. The number of hydrogen-bond acceptors (Lipinski definition) is 4. The highest BCUT2D eigenvalue weighted by Gasteiger charge is 2.34. The molecule has 0 bridgehead atoms. The molecule has 1 aromatic heterocycles. The number of carbonyl (C=O) groups is 2. The predicted octanol–water partition coefficient (Wildman–Crippen LogP) is 2.61. The van der Waals surface area contributed by atoms with Crippen LogP contribution in [0.3, 0.4) is 0 Å². The molecule has 0 spiro atoms. The topological polar surface area (TPSA) is 68.3 Å². The van der Waals surface area contributed by atoms with E-state index >= 15 is 0 Å². The van der Waals surface area contributed by atoms with Gasteiger partial charge in [-0.2, -0.15) is 13.2 Å². The average Bonchev–Trinajstić information content (AvgIpc) is 2.60. The number of nitrogens with one attached hydrogen (secondary N) is 1. The van der Waals surface area contributed by atoms with Gasteiger partial charge in [-0.3, -0.25) is 9.78 Å². The van der Waals surface area contributed by atoms with E-state index in [0.717, 1.165) is 13.2 Å². The molecule has 1 aromatic carbocycles. The fourth-order valence-corrected chi connectivity index (χ4v) is 2.27. The van der Waals surface area contributed by atoms with E-state index in [1.807, 2.05) is 0 Å². The number of carbonyl (C=O) groups excluding carboxylic acids is 2. The molecule has 1 atom stereocenters. The van der Waals surface area contributed by atoms with E-state index in [9.17, 15) is 22.8 Å². The zero-order valence-electron chi connectivity index (χ0n) is 13.2. The summed E-state index contributed by atoms with van der Waals surface area (Å²) in [5.74, 6) is -1.47. The van der Waals surface area contributed by atoms with Crippen LogP contribution in [0.2, 0.25) is 0 Å². The van der Waals surface area contributed by atoms with Crippen molar-refractivity contribution in [2.45, 2.75) is 18.6 Å². The Labute approximate surface area is 141 Å². The number of pyridine rings is 1. The molecule has 0 saturated carbocycles. The number of benzene rings is 1. The van der Waals surface area contributed by atoms with Gasteiger partial charge in [-0.05, 0) is 23.8 Å². The Balaban J connectivity index is 2.25. The maximum atomic E-state index is 13.1. The van der Waals surface area contributed by atoms with E-state index < -0.39 is 29.7 Å². The van der Waals surface area contributed by atoms with Gasteiger partial charge in [0.1, 0.15) is 6.04 Å². The first-order valence-electron chi connectivity index (χ1n) is 7.26. The number of ether oxygens (including phenoxy) is 1. The first-order valence-corrected chi connectivity index (χ1v) is 7.26. The molecule has 5 nitrogen and oxygen atoms in total. The molecule has 1 heterocycles. The monoisotopic (exact) mass is 352 g/mol. The Morgan fingerprint density at radius 1 is 1.20 bits per heavy atom. The molecule has 1 amide bonds. The normalized spacial score (nSPS) is 12.3. The van der Waals surface area contributed by atoms with Crippen molar-refractivity contribution in [1.82, 2.24) is 10.3 Å².